The van der Waals surface area contributed by atoms with Crippen LogP contribution in [0.2, 0.25) is 0 Å². The van der Waals surface area contributed by atoms with Gasteiger partial charge in [-0.25, -0.2) is 0 Å². The van der Waals surface area contributed by atoms with Crippen LogP contribution in [0.3, 0.4) is 0 Å². The van der Waals surface area contributed by atoms with E-state index in [0.717, 1.165) is 53.2 Å². The Morgan fingerprint density at radius 2 is 1.79 bits per heavy atom. The average molecular weight is 441 g/mol. The second-order valence-corrected chi connectivity index (χ2v) is 8.66. The number of ether oxygens (including phenoxy) is 1. The minimum absolute atomic E-state index is 0.243. The quantitative estimate of drug-likeness (QED) is 0.446. The highest BCUT2D eigenvalue weighted by molar-refractivity contribution is 5.95. The van der Waals surface area contributed by atoms with Gasteiger partial charge in [0.2, 0.25) is 0 Å². The molecule has 0 saturated heterocycles. The van der Waals surface area contributed by atoms with Crippen LogP contribution < -0.4 is 10.1 Å². The third-order valence-electron chi connectivity index (χ3n) is 5.91. The number of rotatable bonds is 8. The molecule has 3 aromatic carbocycles. The Hall–Kier alpha value is -3.34. The van der Waals surface area contributed by atoms with Gasteiger partial charge in [-0.15, -0.1) is 0 Å². The lowest BCUT2D eigenvalue weighted by Crippen LogP contribution is -2.26. The van der Waals surface area contributed by atoms with Crippen molar-refractivity contribution in [1.82, 2.24) is 10.2 Å². The summed E-state index contributed by atoms with van der Waals surface area (Å²) in [4.78, 5) is 2.17. The highest BCUT2D eigenvalue weighted by Gasteiger charge is 2.29. The molecule has 1 unspecified atom stereocenters. The molecule has 1 heterocycles. The van der Waals surface area contributed by atoms with E-state index in [0.29, 0.717) is 0 Å². The number of phenolic OH excluding ortho intramolecular Hbond substituents is 1. The molecule has 0 fully saturated rings. The fraction of sp³-hybridized carbons (Fsp3) is 0.241. The minimum Gasteiger partial charge on any atom is -0.508 e. The minimum atomic E-state index is -0.243. The summed E-state index contributed by atoms with van der Waals surface area (Å²) < 4.78 is 6.51. The lowest BCUT2D eigenvalue weighted by atomic mass is 9.86. The fourth-order valence-corrected chi connectivity index (χ4v) is 4.15. The van der Waals surface area contributed by atoms with Gasteiger partial charge in [0, 0.05) is 30.8 Å². The first-order chi connectivity index (χ1) is 16.0. The molecule has 0 radical (unpaired) electrons. The van der Waals surface area contributed by atoms with Crippen molar-refractivity contribution in [3.63, 3.8) is 0 Å². The number of aromatic hydroxyl groups is 1. The van der Waals surface area contributed by atoms with E-state index in [1.54, 1.807) is 6.07 Å². The molecule has 4 nitrogen and oxygen atoms in total. The summed E-state index contributed by atoms with van der Waals surface area (Å²) in [7, 11) is 4.16. The summed E-state index contributed by atoms with van der Waals surface area (Å²) in [6, 6.07) is 24.1. The van der Waals surface area contributed by atoms with Gasteiger partial charge in [0.1, 0.15) is 17.6 Å². The fourth-order valence-electron chi connectivity index (χ4n) is 4.15. The van der Waals surface area contributed by atoms with Gasteiger partial charge in [-0.05, 0) is 61.5 Å². The maximum absolute atomic E-state index is 10.1. The van der Waals surface area contributed by atoms with Crippen LogP contribution in [-0.4, -0.2) is 43.7 Å². The normalized spacial score (nSPS) is 15.7. The first-order valence-corrected chi connectivity index (χ1v) is 11.4. The van der Waals surface area contributed by atoms with Crippen LogP contribution in [-0.2, 0) is 0 Å². The molecule has 170 valence electrons. The number of allylic oxidation sites excluding steroid dienone is 1. The topological polar surface area (TPSA) is 44.7 Å². The molecule has 1 aliphatic rings. The number of hydrogen-bond donors (Lipinski definition) is 2. The molecule has 1 atom stereocenters. The van der Waals surface area contributed by atoms with Gasteiger partial charge >= 0.3 is 0 Å². The first kappa shape index (κ1) is 22.8. The van der Waals surface area contributed by atoms with Crippen LogP contribution >= 0.6 is 0 Å². The summed E-state index contributed by atoms with van der Waals surface area (Å²) >= 11 is 0. The number of likely N-dealkylation sites (N-methyl/N-ethyl adjacent to an activating group) is 1. The Morgan fingerprint density at radius 1 is 1.00 bits per heavy atom. The Bertz CT molecular complexity index is 1150. The first-order valence-electron chi connectivity index (χ1n) is 11.4. The maximum Gasteiger partial charge on any atom is 0.150 e. The monoisotopic (exact) mass is 440 g/mol. The van der Waals surface area contributed by atoms with E-state index >= 15 is 0 Å². The Kier molecular flexibility index (Phi) is 7.28. The summed E-state index contributed by atoms with van der Waals surface area (Å²) in [5.74, 6) is 1.14. The standard InChI is InChI=1S/C29H32N2O2/c1-21-26-11-4-5-12-27(26)33-29(28(21)24-9-6-10-25(32)20-24)23-15-13-22(14-16-23)8-7-17-30-18-19-31(2)3/h4-16,20,29-30,32H,17-19H2,1-3H3/b8-7-. The molecule has 0 bridgehead atoms. The van der Waals surface area contributed by atoms with Gasteiger partial charge in [0.25, 0.3) is 0 Å². The molecule has 0 saturated carbocycles. The number of hydrogen-bond acceptors (Lipinski definition) is 4. The summed E-state index contributed by atoms with van der Waals surface area (Å²) in [5, 5.41) is 13.5. The van der Waals surface area contributed by atoms with Crippen molar-refractivity contribution in [2.24, 2.45) is 0 Å². The molecule has 0 spiro atoms. The van der Waals surface area contributed by atoms with Crippen molar-refractivity contribution in [3.8, 4) is 11.5 Å². The van der Waals surface area contributed by atoms with Crippen LogP contribution in [0.4, 0.5) is 0 Å². The zero-order valence-corrected chi connectivity index (χ0v) is 19.6. The predicted molar refractivity (Wildman–Crippen MR) is 137 cm³/mol. The second kappa shape index (κ2) is 10.5. The van der Waals surface area contributed by atoms with Crippen LogP contribution in [0, 0.1) is 0 Å². The SMILES string of the molecule is CC1=C(c2cccc(O)c2)C(c2ccc(/C=C\CNCCN(C)C)cc2)Oc2ccccc21. The molecule has 4 rings (SSSR count). The molecule has 33 heavy (non-hydrogen) atoms. The van der Waals surface area contributed by atoms with E-state index in [1.165, 1.54) is 5.57 Å². The molecule has 0 aliphatic carbocycles. The molecule has 0 amide bonds. The zero-order valence-electron chi connectivity index (χ0n) is 19.6. The van der Waals surface area contributed by atoms with E-state index in [-0.39, 0.29) is 11.9 Å². The molecular weight excluding hydrogens is 408 g/mol. The van der Waals surface area contributed by atoms with Crippen LogP contribution in [0.15, 0.2) is 78.9 Å². The zero-order chi connectivity index (χ0) is 23.2. The van der Waals surface area contributed by atoms with Gasteiger partial charge in [-0.3, -0.25) is 0 Å². The number of phenols is 1. The predicted octanol–water partition coefficient (Wildman–Crippen LogP) is 5.62. The van der Waals surface area contributed by atoms with Crippen molar-refractivity contribution in [3.05, 3.63) is 101 Å². The Labute approximate surface area is 196 Å². The van der Waals surface area contributed by atoms with Crippen molar-refractivity contribution < 1.29 is 9.84 Å². The smallest absolute Gasteiger partial charge is 0.150 e. The number of fused-ring (bicyclic) bond motifs is 1. The lowest BCUT2D eigenvalue weighted by molar-refractivity contribution is 0.260. The summed E-state index contributed by atoms with van der Waals surface area (Å²) in [5.41, 5.74) is 6.55. The average Bonchev–Trinajstić information content (AvgIpc) is 2.81. The molecule has 3 aromatic rings. The molecule has 1 aliphatic heterocycles. The highest BCUT2D eigenvalue weighted by Crippen LogP contribution is 2.46. The van der Waals surface area contributed by atoms with Crippen molar-refractivity contribution in [2.45, 2.75) is 13.0 Å². The van der Waals surface area contributed by atoms with Crippen LogP contribution in [0.5, 0.6) is 11.5 Å². The van der Waals surface area contributed by atoms with Gasteiger partial charge in [-0.1, -0.05) is 66.7 Å². The van der Waals surface area contributed by atoms with Gasteiger partial charge in [-0.2, -0.15) is 0 Å². The van der Waals surface area contributed by atoms with E-state index in [4.69, 9.17) is 4.74 Å². The van der Waals surface area contributed by atoms with Gasteiger partial charge in [0.15, 0.2) is 0 Å². The van der Waals surface area contributed by atoms with Crippen LogP contribution in [0.25, 0.3) is 17.2 Å². The van der Waals surface area contributed by atoms with Gasteiger partial charge in [0.05, 0.1) is 0 Å². The number of nitrogens with one attached hydrogen (secondary N) is 1. The Balaban J connectivity index is 1.57. The maximum atomic E-state index is 10.1. The van der Waals surface area contributed by atoms with Crippen LogP contribution in [0.1, 0.15) is 35.3 Å². The van der Waals surface area contributed by atoms with Crippen molar-refractivity contribution >= 4 is 17.2 Å². The van der Waals surface area contributed by atoms with E-state index in [1.807, 2.05) is 36.4 Å². The lowest BCUT2D eigenvalue weighted by Gasteiger charge is -2.31. The highest BCUT2D eigenvalue weighted by atomic mass is 16.5. The van der Waals surface area contributed by atoms with E-state index in [9.17, 15) is 5.11 Å². The molecule has 2 N–H and O–H groups in total. The largest absolute Gasteiger partial charge is 0.508 e. The molecule has 4 heteroatoms. The van der Waals surface area contributed by atoms with Crippen molar-refractivity contribution in [2.75, 3.05) is 33.7 Å². The van der Waals surface area contributed by atoms with Gasteiger partial charge < -0.3 is 20.1 Å². The van der Waals surface area contributed by atoms with E-state index in [2.05, 4.69) is 73.7 Å². The third kappa shape index (κ3) is 5.54. The number of benzene rings is 3. The van der Waals surface area contributed by atoms with E-state index < -0.39 is 0 Å². The molecular formula is C29H32N2O2. The van der Waals surface area contributed by atoms with Crippen molar-refractivity contribution in [1.29, 1.82) is 0 Å². The third-order valence-corrected chi connectivity index (χ3v) is 5.91. The second-order valence-electron chi connectivity index (χ2n) is 8.66. The number of para-hydroxylation sites is 1. The molecule has 0 aromatic heterocycles. The Morgan fingerprint density at radius 3 is 2.55 bits per heavy atom. The summed E-state index contributed by atoms with van der Waals surface area (Å²) in [6.07, 6.45) is 4.05. The summed E-state index contributed by atoms with van der Waals surface area (Å²) in [6.45, 7) is 4.98. The number of nitrogens with zero attached hydrogens (tertiary/aromatic N) is 1.